The van der Waals surface area contributed by atoms with Gasteiger partial charge in [0.1, 0.15) is 5.75 Å². The maximum absolute atomic E-state index is 12.5. The summed E-state index contributed by atoms with van der Waals surface area (Å²) in [5.74, 6) is -1.14. The third-order valence-corrected chi connectivity index (χ3v) is 7.16. The van der Waals surface area contributed by atoms with Crippen molar-refractivity contribution >= 4 is 38.9 Å². The second-order valence-corrected chi connectivity index (χ2v) is 9.75. The van der Waals surface area contributed by atoms with Gasteiger partial charge in [0.05, 0.1) is 4.90 Å². The zero-order valence-corrected chi connectivity index (χ0v) is 17.5. The minimum absolute atomic E-state index is 0.0746. The van der Waals surface area contributed by atoms with Gasteiger partial charge < -0.3 is 10.1 Å². The van der Waals surface area contributed by atoms with Crippen LogP contribution in [0, 0.1) is 0 Å². The number of hydrogen-bond donors (Lipinski definition) is 1. The van der Waals surface area contributed by atoms with Crippen LogP contribution in [-0.4, -0.2) is 39.8 Å². The first-order valence-electron chi connectivity index (χ1n) is 8.90. The monoisotopic (exact) mass is 441 g/mol. The predicted octanol–water partition coefficient (Wildman–Crippen LogP) is 3.63. The third-order valence-electron chi connectivity index (χ3n) is 5.02. The molecule has 1 heterocycles. The van der Waals surface area contributed by atoms with Crippen LogP contribution in [0.1, 0.15) is 18.4 Å². The first-order valence-corrected chi connectivity index (χ1v) is 11.3. The van der Waals surface area contributed by atoms with Gasteiger partial charge in [-0.3, -0.25) is 4.79 Å². The van der Waals surface area contributed by atoms with Crippen LogP contribution in [0.25, 0.3) is 0 Å². The molecule has 0 unspecified atom stereocenters. The van der Waals surface area contributed by atoms with Crippen molar-refractivity contribution in [2.24, 2.45) is 0 Å². The van der Waals surface area contributed by atoms with E-state index in [0.717, 1.165) is 18.4 Å². The number of rotatable bonds is 6. The highest BCUT2D eigenvalue weighted by molar-refractivity contribution is 7.92. The van der Waals surface area contributed by atoms with Crippen molar-refractivity contribution in [2.75, 3.05) is 25.5 Å². The zero-order valence-electron chi connectivity index (χ0n) is 15.2. The van der Waals surface area contributed by atoms with E-state index in [-0.39, 0.29) is 10.3 Å². The van der Waals surface area contributed by atoms with Crippen molar-refractivity contribution in [3.8, 4) is 0 Å². The van der Waals surface area contributed by atoms with Crippen molar-refractivity contribution in [1.29, 1.82) is 0 Å². The van der Waals surface area contributed by atoms with Crippen molar-refractivity contribution < 1.29 is 17.9 Å². The molecule has 0 atom stereocenters. The molecule has 2 aromatic rings. The van der Waals surface area contributed by atoms with Crippen molar-refractivity contribution in [3.63, 3.8) is 0 Å². The maximum Gasteiger partial charge on any atom is 0.235 e. The quantitative estimate of drug-likeness (QED) is 0.742. The topological polar surface area (TPSA) is 72.5 Å². The number of ether oxygens (including phenoxy) is 1. The average Bonchev–Trinajstić information content (AvgIpc) is 2.68. The second kappa shape index (κ2) is 8.82. The number of benzene rings is 2. The van der Waals surface area contributed by atoms with E-state index in [9.17, 15) is 13.2 Å². The Balaban J connectivity index is 1.70. The van der Waals surface area contributed by atoms with Crippen LogP contribution in [0.15, 0.2) is 53.4 Å². The number of hydrogen-bond acceptors (Lipinski definition) is 4. The lowest BCUT2D eigenvalue weighted by atomic mass is 9.74. The molecule has 1 fully saturated rings. The Morgan fingerprint density at radius 3 is 2.07 bits per heavy atom. The Morgan fingerprint density at radius 2 is 1.50 bits per heavy atom. The molecule has 0 aliphatic carbocycles. The van der Waals surface area contributed by atoms with E-state index in [1.807, 2.05) is 24.3 Å². The molecule has 1 N–H and O–H groups in total. The Bertz CT molecular complexity index is 922. The summed E-state index contributed by atoms with van der Waals surface area (Å²) in [6, 6.07) is 13.3. The molecule has 8 heteroatoms. The fourth-order valence-corrected chi connectivity index (χ4v) is 4.77. The van der Waals surface area contributed by atoms with Gasteiger partial charge in [-0.1, -0.05) is 35.3 Å². The van der Waals surface area contributed by atoms with Gasteiger partial charge in [0.25, 0.3) is 0 Å². The van der Waals surface area contributed by atoms with Gasteiger partial charge in [0.2, 0.25) is 5.91 Å². The van der Waals surface area contributed by atoms with Crippen LogP contribution in [0.4, 0.5) is 0 Å². The molecule has 1 aliphatic rings. The van der Waals surface area contributed by atoms with Crippen LogP contribution < -0.4 is 5.32 Å². The standard InChI is InChI=1S/C20H21Cl2NO4S/c21-16-3-1-15(2-4-16)20(9-11-27-12-10-20)14-23-19(24)13-28(25,26)18-7-5-17(22)6-8-18/h1-8H,9-14H2,(H,23,24). The van der Waals surface area contributed by atoms with Crippen LogP contribution in [0.2, 0.25) is 10.0 Å². The molecular weight excluding hydrogens is 421 g/mol. The first-order chi connectivity index (χ1) is 13.3. The van der Waals surface area contributed by atoms with Gasteiger partial charge in [-0.05, 0) is 54.8 Å². The molecule has 1 saturated heterocycles. The molecular formula is C20H21Cl2NO4S. The molecule has 1 amide bonds. The molecule has 1 aliphatic heterocycles. The highest BCUT2D eigenvalue weighted by Gasteiger charge is 2.35. The van der Waals surface area contributed by atoms with E-state index in [2.05, 4.69) is 5.32 Å². The maximum atomic E-state index is 12.5. The van der Waals surface area contributed by atoms with E-state index >= 15 is 0 Å². The van der Waals surface area contributed by atoms with Crippen molar-refractivity contribution in [1.82, 2.24) is 5.32 Å². The number of nitrogens with one attached hydrogen (secondary N) is 1. The van der Waals surface area contributed by atoms with E-state index in [0.29, 0.717) is 29.8 Å². The van der Waals surface area contributed by atoms with Crippen LogP contribution >= 0.6 is 23.2 Å². The number of amides is 1. The number of halogens is 2. The molecule has 3 rings (SSSR count). The van der Waals surface area contributed by atoms with E-state index in [1.165, 1.54) is 24.3 Å². The number of carbonyl (C=O) groups excluding carboxylic acids is 1. The Morgan fingerprint density at radius 1 is 0.964 bits per heavy atom. The van der Waals surface area contributed by atoms with Gasteiger partial charge in [-0.25, -0.2) is 8.42 Å². The van der Waals surface area contributed by atoms with Gasteiger partial charge in [0, 0.05) is 35.2 Å². The van der Waals surface area contributed by atoms with Crippen molar-refractivity contribution in [2.45, 2.75) is 23.2 Å². The fraction of sp³-hybridized carbons (Fsp3) is 0.350. The molecule has 0 bridgehead atoms. The normalized spacial score (nSPS) is 16.5. The summed E-state index contributed by atoms with van der Waals surface area (Å²) < 4.78 is 30.4. The summed E-state index contributed by atoms with van der Waals surface area (Å²) in [6.07, 6.45) is 1.47. The zero-order chi connectivity index (χ0) is 20.2. The van der Waals surface area contributed by atoms with Crippen molar-refractivity contribution in [3.05, 3.63) is 64.1 Å². The van der Waals surface area contributed by atoms with E-state index < -0.39 is 21.5 Å². The average molecular weight is 442 g/mol. The summed E-state index contributed by atoms with van der Waals surface area (Å²) in [5.41, 5.74) is 0.753. The van der Waals surface area contributed by atoms with Gasteiger partial charge in [0.15, 0.2) is 9.84 Å². The third kappa shape index (κ3) is 5.06. The Hall–Kier alpha value is -1.60. The molecule has 0 radical (unpaired) electrons. The van der Waals surface area contributed by atoms with E-state index in [4.69, 9.17) is 27.9 Å². The molecule has 150 valence electrons. The summed E-state index contributed by atoms with van der Waals surface area (Å²) >= 11 is 11.8. The van der Waals surface area contributed by atoms with Crippen LogP contribution in [-0.2, 0) is 24.8 Å². The predicted molar refractivity (Wildman–Crippen MR) is 110 cm³/mol. The van der Waals surface area contributed by atoms with E-state index in [1.54, 1.807) is 0 Å². The first kappa shape index (κ1) is 21.1. The number of sulfone groups is 1. The highest BCUT2D eigenvalue weighted by atomic mass is 35.5. The fourth-order valence-electron chi connectivity index (χ4n) is 3.35. The number of carbonyl (C=O) groups is 1. The summed E-state index contributed by atoms with van der Waals surface area (Å²) in [6.45, 7) is 1.51. The molecule has 28 heavy (non-hydrogen) atoms. The van der Waals surface area contributed by atoms with Crippen LogP contribution in [0.3, 0.4) is 0 Å². The molecule has 5 nitrogen and oxygen atoms in total. The largest absolute Gasteiger partial charge is 0.381 e. The van der Waals surface area contributed by atoms with Gasteiger partial charge >= 0.3 is 0 Å². The van der Waals surface area contributed by atoms with Crippen LogP contribution in [0.5, 0.6) is 0 Å². The minimum atomic E-state index is -3.73. The lowest BCUT2D eigenvalue weighted by molar-refractivity contribution is -0.119. The molecule has 0 saturated carbocycles. The second-order valence-electron chi connectivity index (χ2n) is 6.89. The van der Waals surface area contributed by atoms with Gasteiger partial charge in [-0.15, -0.1) is 0 Å². The lowest BCUT2D eigenvalue weighted by Crippen LogP contribution is -2.45. The summed E-state index contributed by atoms with van der Waals surface area (Å²) in [7, 11) is -3.73. The molecule has 0 spiro atoms. The SMILES string of the molecule is O=C(CS(=O)(=O)c1ccc(Cl)cc1)NCC1(c2ccc(Cl)cc2)CCOCC1. The molecule has 2 aromatic carbocycles. The highest BCUT2D eigenvalue weighted by Crippen LogP contribution is 2.35. The Labute approximate surface area is 174 Å². The Kier molecular flexibility index (Phi) is 6.65. The summed E-state index contributed by atoms with van der Waals surface area (Å²) in [5, 5.41) is 3.89. The smallest absolute Gasteiger partial charge is 0.235 e. The minimum Gasteiger partial charge on any atom is -0.381 e. The summed E-state index contributed by atoms with van der Waals surface area (Å²) in [4.78, 5) is 12.5. The van der Waals surface area contributed by atoms with Gasteiger partial charge in [-0.2, -0.15) is 0 Å². The lowest BCUT2D eigenvalue weighted by Gasteiger charge is -2.38. The molecule has 0 aromatic heterocycles.